The number of aromatic nitrogens is 4. The molecule has 0 aliphatic heterocycles. The van der Waals surface area contributed by atoms with Crippen molar-refractivity contribution in [1.29, 1.82) is 0 Å². The van der Waals surface area contributed by atoms with Crippen molar-refractivity contribution in [2.75, 3.05) is 0 Å². The Labute approximate surface area is 152 Å². The SMILES string of the molecule is CC(C)OC(=O)CC[n+]1ccc(-c2ncccn2)cn1.O=C([O-])C(F)(F)F. The number of carbonyl (C=O) groups is 2. The highest BCUT2D eigenvalue weighted by molar-refractivity contribution is 5.70. The first kappa shape index (κ1) is 21.9. The van der Waals surface area contributed by atoms with Gasteiger partial charge in [-0.2, -0.15) is 13.2 Å². The summed E-state index contributed by atoms with van der Waals surface area (Å²) in [6.45, 7) is 4.15. The molecule has 0 amide bonds. The van der Waals surface area contributed by atoms with Crippen molar-refractivity contribution in [3.05, 3.63) is 36.9 Å². The normalized spacial score (nSPS) is 10.7. The molecule has 0 atom stereocenters. The van der Waals surface area contributed by atoms with Crippen LogP contribution in [0.25, 0.3) is 11.4 Å². The number of esters is 1. The molecule has 0 aliphatic rings. The van der Waals surface area contributed by atoms with Crippen molar-refractivity contribution < 1.29 is 37.3 Å². The van der Waals surface area contributed by atoms with Gasteiger partial charge in [0.2, 0.25) is 0 Å². The maximum atomic E-state index is 11.4. The fourth-order valence-electron chi connectivity index (χ4n) is 1.62. The molecule has 2 aromatic heterocycles. The Hall–Kier alpha value is -3.11. The molecule has 0 N–H and O–H groups in total. The maximum Gasteiger partial charge on any atom is 0.430 e. The first-order valence-corrected chi connectivity index (χ1v) is 7.70. The molecule has 8 nitrogen and oxygen atoms in total. The Morgan fingerprint density at radius 1 is 1.26 bits per heavy atom. The average molecular weight is 386 g/mol. The molecule has 0 aromatic carbocycles. The standard InChI is InChI=1S/C14H17N4O2.C2HF3O2/c1-11(2)20-13(19)5-9-18-8-4-12(10-17-18)14-15-6-3-7-16-14;3-2(4,5)1(6)7/h3-4,6-8,10-11H,5,9H2,1-2H3;(H,6,7)/q+1;/p-1. The van der Waals surface area contributed by atoms with Gasteiger partial charge in [-0.15, -0.1) is 0 Å². The quantitative estimate of drug-likeness (QED) is 0.543. The van der Waals surface area contributed by atoms with E-state index in [1.807, 2.05) is 19.9 Å². The van der Waals surface area contributed by atoms with E-state index in [-0.39, 0.29) is 12.1 Å². The van der Waals surface area contributed by atoms with Crippen LogP contribution in [0.2, 0.25) is 0 Å². The lowest BCUT2D eigenvalue weighted by Gasteiger charge is -2.05. The predicted octanol–water partition coefficient (Wildman–Crippen LogP) is 0.466. The monoisotopic (exact) mass is 386 g/mol. The summed E-state index contributed by atoms with van der Waals surface area (Å²) in [5.74, 6) is -2.59. The van der Waals surface area contributed by atoms with Gasteiger partial charge < -0.3 is 14.6 Å². The molecule has 27 heavy (non-hydrogen) atoms. The minimum Gasteiger partial charge on any atom is -0.542 e. The maximum absolute atomic E-state index is 11.4. The molecule has 0 saturated carbocycles. The molecule has 0 unspecified atom stereocenters. The van der Waals surface area contributed by atoms with Crippen LogP contribution in [-0.2, 0) is 20.9 Å². The van der Waals surface area contributed by atoms with Crippen molar-refractivity contribution in [2.45, 2.75) is 39.1 Å². The number of aliphatic carboxylic acids is 1. The van der Waals surface area contributed by atoms with Crippen LogP contribution in [0.4, 0.5) is 13.2 Å². The largest absolute Gasteiger partial charge is 0.542 e. The fourth-order valence-corrected chi connectivity index (χ4v) is 1.62. The molecular formula is C16H17F3N4O4. The minimum atomic E-state index is -5.19. The Kier molecular flexibility index (Phi) is 8.24. The number of carbonyl (C=O) groups excluding carboxylic acids is 2. The van der Waals surface area contributed by atoms with Crippen molar-refractivity contribution in [3.8, 4) is 11.4 Å². The zero-order valence-corrected chi connectivity index (χ0v) is 14.5. The molecule has 0 spiro atoms. The van der Waals surface area contributed by atoms with Crippen LogP contribution in [0.15, 0.2) is 36.9 Å². The highest BCUT2D eigenvalue weighted by atomic mass is 19.4. The third-order valence-electron chi connectivity index (χ3n) is 2.74. The summed E-state index contributed by atoms with van der Waals surface area (Å²) in [4.78, 5) is 28.5. The summed E-state index contributed by atoms with van der Waals surface area (Å²) in [7, 11) is 0. The molecular weight excluding hydrogens is 369 g/mol. The van der Waals surface area contributed by atoms with E-state index in [0.29, 0.717) is 18.8 Å². The fraction of sp³-hybridized carbons (Fsp3) is 0.375. The van der Waals surface area contributed by atoms with E-state index in [1.165, 1.54) is 0 Å². The third-order valence-corrected chi connectivity index (χ3v) is 2.74. The van der Waals surface area contributed by atoms with Crippen LogP contribution >= 0.6 is 0 Å². The van der Waals surface area contributed by atoms with Gasteiger partial charge in [-0.1, -0.05) is 4.68 Å². The van der Waals surface area contributed by atoms with Gasteiger partial charge in [0, 0.05) is 24.0 Å². The van der Waals surface area contributed by atoms with E-state index in [9.17, 15) is 18.0 Å². The topological polar surface area (TPSA) is 109 Å². The molecule has 0 radical (unpaired) electrons. The molecule has 0 fully saturated rings. The number of hydrogen-bond acceptors (Lipinski definition) is 7. The second kappa shape index (κ2) is 10.1. The van der Waals surface area contributed by atoms with Crippen LogP contribution in [0.1, 0.15) is 20.3 Å². The highest BCUT2D eigenvalue weighted by Gasteiger charge is 2.28. The summed E-state index contributed by atoms with van der Waals surface area (Å²) in [5, 5.41) is 13.0. The van der Waals surface area contributed by atoms with Gasteiger partial charge in [0.15, 0.2) is 18.6 Å². The summed E-state index contributed by atoms with van der Waals surface area (Å²) in [6.07, 6.45) is 1.88. The molecule has 146 valence electrons. The Bertz CT molecular complexity index is 738. The molecule has 0 saturated heterocycles. The lowest BCUT2D eigenvalue weighted by Crippen LogP contribution is -2.38. The van der Waals surface area contributed by atoms with Gasteiger partial charge in [-0.3, -0.25) is 4.79 Å². The number of alkyl halides is 3. The molecule has 2 rings (SSSR count). The van der Waals surface area contributed by atoms with E-state index in [1.54, 1.807) is 35.5 Å². The molecule has 11 heteroatoms. The third kappa shape index (κ3) is 8.70. The number of carboxylic acid groups (broad SMARTS) is 1. The smallest absolute Gasteiger partial charge is 0.430 e. The average Bonchev–Trinajstić information content (AvgIpc) is 2.60. The lowest BCUT2D eigenvalue weighted by molar-refractivity contribution is -0.752. The van der Waals surface area contributed by atoms with E-state index >= 15 is 0 Å². The number of aryl methyl sites for hydroxylation is 1. The molecule has 0 bridgehead atoms. The zero-order chi connectivity index (χ0) is 20.4. The Morgan fingerprint density at radius 2 is 1.85 bits per heavy atom. The summed E-state index contributed by atoms with van der Waals surface area (Å²) < 4.78 is 38.3. The number of hydrogen-bond donors (Lipinski definition) is 0. The van der Waals surface area contributed by atoms with Crippen molar-refractivity contribution in [2.24, 2.45) is 0 Å². The number of rotatable bonds is 5. The van der Waals surface area contributed by atoms with E-state index < -0.39 is 12.1 Å². The highest BCUT2D eigenvalue weighted by Crippen LogP contribution is 2.11. The summed E-state index contributed by atoms with van der Waals surface area (Å²) >= 11 is 0. The second-order valence-corrected chi connectivity index (χ2v) is 5.32. The Morgan fingerprint density at radius 3 is 2.30 bits per heavy atom. The van der Waals surface area contributed by atoms with Gasteiger partial charge in [-0.25, -0.2) is 9.97 Å². The minimum absolute atomic E-state index is 0.0851. The number of nitrogens with zero attached hydrogens (tertiary/aromatic N) is 4. The van der Waals surface area contributed by atoms with Gasteiger partial charge in [0.05, 0.1) is 6.10 Å². The van der Waals surface area contributed by atoms with Crippen LogP contribution in [-0.4, -0.2) is 39.3 Å². The van der Waals surface area contributed by atoms with Crippen LogP contribution < -0.4 is 9.79 Å². The number of ether oxygens (including phenoxy) is 1. The van der Waals surface area contributed by atoms with E-state index in [2.05, 4.69) is 15.1 Å². The Balaban J connectivity index is 0.000000445. The van der Waals surface area contributed by atoms with Crippen molar-refractivity contribution >= 4 is 11.9 Å². The van der Waals surface area contributed by atoms with Crippen molar-refractivity contribution in [1.82, 2.24) is 15.1 Å². The van der Waals surface area contributed by atoms with Crippen LogP contribution in [0, 0.1) is 0 Å². The zero-order valence-electron chi connectivity index (χ0n) is 14.5. The summed E-state index contributed by atoms with van der Waals surface area (Å²) in [6, 6.07) is 3.64. The van der Waals surface area contributed by atoms with E-state index in [4.69, 9.17) is 14.6 Å². The number of carboxylic acids is 1. The first-order valence-electron chi connectivity index (χ1n) is 7.70. The second-order valence-electron chi connectivity index (χ2n) is 5.32. The van der Waals surface area contributed by atoms with Gasteiger partial charge >= 0.3 is 12.1 Å². The molecule has 2 aromatic rings. The summed E-state index contributed by atoms with van der Waals surface area (Å²) in [5.41, 5.74) is 0.839. The van der Waals surface area contributed by atoms with Gasteiger partial charge in [-0.05, 0) is 25.0 Å². The van der Waals surface area contributed by atoms with Crippen molar-refractivity contribution in [3.63, 3.8) is 0 Å². The first-order chi connectivity index (χ1) is 12.6. The molecule has 2 heterocycles. The number of halogens is 3. The van der Waals surface area contributed by atoms with E-state index in [0.717, 1.165) is 5.56 Å². The van der Waals surface area contributed by atoms with Gasteiger partial charge in [0.25, 0.3) is 0 Å². The lowest BCUT2D eigenvalue weighted by atomic mass is 10.3. The predicted molar refractivity (Wildman–Crippen MR) is 82.4 cm³/mol. The molecule has 0 aliphatic carbocycles. The van der Waals surface area contributed by atoms with Gasteiger partial charge in [0.1, 0.15) is 18.6 Å². The van der Waals surface area contributed by atoms with Crippen LogP contribution in [0.3, 0.4) is 0 Å². The van der Waals surface area contributed by atoms with Crippen LogP contribution in [0.5, 0.6) is 0 Å².